The molecule has 0 aromatic heterocycles. The van der Waals surface area contributed by atoms with Crippen LogP contribution in [0.3, 0.4) is 0 Å². The minimum atomic E-state index is -5.17. The van der Waals surface area contributed by atoms with Crippen LogP contribution in [-0.4, -0.2) is 118 Å². The van der Waals surface area contributed by atoms with Gasteiger partial charge >= 0.3 is 37.7 Å². The molecule has 0 rings (SSSR count). The van der Waals surface area contributed by atoms with Crippen LogP contribution in [-0.2, 0) is 15.2 Å². The van der Waals surface area contributed by atoms with Gasteiger partial charge in [-0.05, 0) is 0 Å². The smallest absolute Gasteiger partial charge is 0.759 e. The summed E-state index contributed by atoms with van der Waals surface area (Å²) in [6.45, 7) is -1.69. The predicted molar refractivity (Wildman–Crippen MR) is 53.4 cm³/mol. The zero-order valence-corrected chi connectivity index (χ0v) is 12.1. The van der Waals surface area contributed by atoms with E-state index in [0.29, 0.717) is 0 Å². The van der Waals surface area contributed by atoms with Crippen molar-refractivity contribution in [3.63, 3.8) is 0 Å². The molecule has 12 heteroatoms. The van der Waals surface area contributed by atoms with Gasteiger partial charge < -0.3 is 34.6 Å². The molecule has 0 aromatic carbocycles. The fourth-order valence-corrected chi connectivity index (χ4v) is 0.602. The standard InChI is InChI=1S/C6H12O6.Ca.H2O4S/c7-1-3(9)5(11)6(12)4(10)2-8;;1-5(2,3)4/h3,5-9,11-12H,1-2H2;;(H2,1,2,3,4)/q;+2;/p-2. The van der Waals surface area contributed by atoms with Gasteiger partial charge in [-0.1, -0.05) is 0 Å². The molecule has 0 radical (unpaired) electrons. The summed E-state index contributed by atoms with van der Waals surface area (Å²) in [4.78, 5) is 10.5. The van der Waals surface area contributed by atoms with E-state index in [9.17, 15) is 4.79 Å². The van der Waals surface area contributed by atoms with Crippen LogP contribution in [0.5, 0.6) is 0 Å². The maximum Gasteiger partial charge on any atom is 2.00 e. The molecule has 0 heterocycles. The molecule has 10 nitrogen and oxygen atoms in total. The van der Waals surface area contributed by atoms with E-state index in [4.69, 9.17) is 43.1 Å². The summed E-state index contributed by atoms with van der Waals surface area (Å²) in [5.41, 5.74) is 0. The Hall–Kier alpha value is 0.600. The number of carbonyl (C=O) groups is 1. The van der Waals surface area contributed by atoms with Gasteiger partial charge in [-0.2, -0.15) is 0 Å². The quantitative estimate of drug-likeness (QED) is 0.186. The Balaban J connectivity index is -0.000000321. The Kier molecular flexibility index (Phi) is 15.0. The first-order chi connectivity index (χ1) is 7.54. The topological polar surface area (TPSA) is 198 Å². The normalized spacial score (nSPS) is 15.5. The van der Waals surface area contributed by atoms with Crippen LogP contribution in [0.15, 0.2) is 0 Å². The molecule has 0 aliphatic heterocycles. The number of rotatable bonds is 5. The van der Waals surface area contributed by atoms with Crippen molar-refractivity contribution in [1.29, 1.82) is 0 Å². The Morgan fingerprint density at radius 2 is 1.44 bits per heavy atom. The molecule has 0 aliphatic carbocycles. The third-order valence-corrected chi connectivity index (χ3v) is 1.39. The van der Waals surface area contributed by atoms with E-state index in [1.165, 1.54) is 0 Å². The Bertz CT molecular complexity index is 308. The summed E-state index contributed by atoms with van der Waals surface area (Å²) >= 11 is 0. The van der Waals surface area contributed by atoms with Crippen molar-refractivity contribution in [3.8, 4) is 0 Å². The van der Waals surface area contributed by atoms with Gasteiger partial charge in [0.05, 0.1) is 6.61 Å². The molecule has 0 bridgehead atoms. The van der Waals surface area contributed by atoms with Gasteiger partial charge in [-0.15, -0.1) is 0 Å². The predicted octanol–water partition coefficient (Wildman–Crippen LogP) is -5.10. The van der Waals surface area contributed by atoms with Crippen molar-refractivity contribution in [1.82, 2.24) is 0 Å². The second kappa shape index (κ2) is 11.4. The maximum absolute atomic E-state index is 10.5. The molecule has 0 saturated carbocycles. The average Bonchev–Trinajstić information content (AvgIpc) is 2.22. The summed E-state index contributed by atoms with van der Waals surface area (Å²) in [5, 5.41) is 43.1. The van der Waals surface area contributed by atoms with E-state index in [0.717, 1.165) is 0 Å². The van der Waals surface area contributed by atoms with E-state index in [-0.39, 0.29) is 37.7 Å². The molecular formula is C6H12CaO10S. The second-order valence-electron chi connectivity index (χ2n) is 2.72. The van der Waals surface area contributed by atoms with Crippen LogP contribution in [0.2, 0.25) is 0 Å². The fourth-order valence-electron chi connectivity index (χ4n) is 0.602. The largest absolute Gasteiger partial charge is 2.00 e. The van der Waals surface area contributed by atoms with Gasteiger partial charge in [0.15, 0.2) is 5.78 Å². The molecule has 0 aromatic rings. The van der Waals surface area contributed by atoms with Gasteiger partial charge in [0.1, 0.15) is 24.9 Å². The summed E-state index contributed by atoms with van der Waals surface area (Å²) in [6, 6.07) is 0. The molecule has 3 atom stereocenters. The summed E-state index contributed by atoms with van der Waals surface area (Å²) < 4.78 is 34.1. The molecule has 3 unspecified atom stereocenters. The van der Waals surface area contributed by atoms with Crippen LogP contribution in [0.25, 0.3) is 0 Å². The van der Waals surface area contributed by atoms with Crippen LogP contribution in [0, 0.1) is 0 Å². The average molecular weight is 316 g/mol. The number of hydrogen-bond acceptors (Lipinski definition) is 10. The third-order valence-electron chi connectivity index (χ3n) is 1.39. The molecule has 0 amide bonds. The first-order valence-electron chi connectivity index (χ1n) is 3.99. The van der Waals surface area contributed by atoms with E-state index < -0.39 is 47.7 Å². The van der Waals surface area contributed by atoms with E-state index >= 15 is 0 Å². The molecule has 104 valence electrons. The number of hydrogen-bond donors (Lipinski definition) is 5. The molecule has 0 saturated heterocycles. The van der Waals surface area contributed by atoms with Gasteiger partial charge in [0.2, 0.25) is 0 Å². The van der Waals surface area contributed by atoms with E-state index in [2.05, 4.69) is 0 Å². The van der Waals surface area contributed by atoms with Crippen molar-refractivity contribution >= 4 is 53.9 Å². The Morgan fingerprint density at radius 1 is 1.11 bits per heavy atom. The van der Waals surface area contributed by atoms with Crippen molar-refractivity contribution in [3.05, 3.63) is 0 Å². The van der Waals surface area contributed by atoms with Crippen molar-refractivity contribution in [2.24, 2.45) is 0 Å². The molecule has 0 aliphatic rings. The van der Waals surface area contributed by atoms with Crippen LogP contribution < -0.4 is 0 Å². The SMILES string of the molecule is O=C(CO)C(O)C(O)C(O)CO.O=S(=O)([O-])[O-].[Ca+2]. The Labute approximate surface area is 132 Å². The van der Waals surface area contributed by atoms with Crippen molar-refractivity contribution in [2.75, 3.05) is 13.2 Å². The van der Waals surface area contributed by atoms with Gasteiger partial charge in [-0.25, -0.2) is 0 Å². The number of aliphatic hydroxyl groups excluding tert-OH is 5. The van der Waals surface area contributed by atoms with Crippen molar-refractivity contribution < 1.29 is 47.9 Å². The number of carbonyl (C=O) groups excluding carboxylic acids is 1. The number of Topliss-reactive ketones (excluding diaryl/α,β-unsaturated/α-hetero) is 1. The van der Waals surface area contributed by atoms with Gasteiger partial charge in [0, 0.05) is 10.4 Å². The van der Waals surface area contributed by atoms with E-state index in [1.807, 2.05) is 0 Å². The van der Waals surface area contributed by atoms with Gasteiger partial charge in [-0.3, -0.25) is 13.2 Å². The zero-order chi connectivity index (χ0) is 14.2. The molecule has 5 N–H and O–H groups in total. The molecular weight excluding hydrogens is 304 g/mol. The number of aliphatic hydroxyl groups is 5. The zero-order valence-electron chi connectivity index (χ0n) is 9.04. The number of ketones is 1. The minimum absolute atomic E-state index is 0. The minimum Gasteiger partial charge on any atom is -0.759 e. The monoisotopic (exact) mass is 316 g/mol. The van der Waals surface area contributed by atoms with E-state index in [1.54, 1.807) is 0 Å². The third kappa shape index (κ3) is 14.7. The Morgan fingerprint density at radius 3 is 1.67 bits per heavy atom. The van der Waals surface area contributed by atoms with Crippen LogP contribution in [0.4, 0.5) is 0 Å². The molecule has 18 heavy (non-hydrogen) atoms. The summed E-state index contributed by atoms with van der Waals surface area (Å²) in [7, 11) is -5.17. The second-order valence-corrected chi connectivity index (χ2v) is 3.53. The van der Waals surface area contributed by atoms with Crippen molar-refractivity contribution in [2.45, 2.75) is 18.3 Å². The molecule has 0 spiro atoms. The first kappa shape index (κ1) is 23.7. The fraction of sp³-hybridized carbons (Fsp3) is 0.833. The van der Waals surface area contributed by atoms with Crippen LogP contribution >= 0.6 is 0 Å². The summed E-state index contributed by atoms with van der Waals surface area (Å²) in [6.07, 6.45) is -5.22. The van der Waals surface area contributed by atoms with Gasteiger partial charge in [0.25, 0.3) is 0 Å². The molecule has 0 fully saturated rings. The summed E-state index contributed by atoms with van der Waals surface area (Å²) in [5.74, 6) is -1.00. The first-order valence-corrected chi connectivity index (χ1v) is 5.33. The maximum atomic E-state index is 10.5. The van der Waals surface area contributed by atoms with Crippen LogP contribution in [0.1, 0.15) is 0 Å².